The molecule has 4 aliphatic heterocycles. The van der Waals surface area contributed by atoms with E-state index in [9.17, 15) is 38.4 Å². The first-order chi connectivity index (χ1) is 32.5. The number of nitrogens with zero attached hydrogens (tertiary/aromatic N) is 8. The molecule has 4 rings (SSSR count). The summed E-state index contributed by atoms with van der Waals surface area (Å²) in [6.45, 7) is 49.0. The Hall–Kier alpha value is -3.23. The van der Waals surface area contributed by atoms with Crippen molar-refractivity contribution in [2.45, 2.75) is 135 Å². The number of carbonyl (C=O) groups is 8. The molecule has 0 atom stereocenters. The van der Waals surface area contributed by atoms with Crippen molar-refractivity contribution in [3.63, 3.8) is 0 Å². The molecule has 0 aromatic heterocycles. The second-order valence-corrected chi connectivity index (χ2v) is 19.7. The molecule has 4 heterocycles. The van der Waals surface area contributed by atoms with Crippen molar-refractivity contribution in [2.75, 3.05) is 105 Å². The summed E-state index contributed by atoms with van der Waals surface area (Å²) in [4.78, 5) is 105. The number of hydrogen-bond donors (Lipinski definition) is 0. The summed E-state index contributed by atoms with van der Waals surface area (Å²) in [5.74, 6) is -1.37. The van der Waals surface area contributed by atoms with Gasteiger partial charge in [0.1, 0.15) is 13.5 Å². The van der Waals surface area contributed by atoms with Gasteiger partial charge in [-0.3, -0.25) is 48.2 Å². The van der Waals surface area contributed by atoms with Crippen molar-refractivity contribution in [2.24, 2.45) is 0 Å². The van der Waals surface area contributed by atoms with Crippen LogP contribution in [0, 0.1) is 13.2 Å². The molecule has 2 radical (unpaired) electrons. The molecule has 0 aliphatic carbocycles. The van der Waals surface area contributed by atoms with E-state index in [2.05, 4.69) is 36.1 Å². The number of hydrogen-bond acceptors (Lipinski definition) is 16. The van der Waals surface area contributed by atoms with Gasteiger partial charge in [-0.25, -0.2) is 0 Å². The van der Waals surface area contributed by atoms with Crippen molar-refractivity contribution in [3.8, 4) is 0 Å². The summed E-state index contributed by atoms with van der Waals surface area (Å²) < 4.78 is 19.5. The molecule has 4 fully saturated rings. The van der Waals surface area contributed by atoms with Gasteiger partial charge < -0.3 is 48.3 Å². The Kier molecular flexibility index (Phi) is 44.3. The van der Waals surface area contributed by atoms with Gasteiger partial charge >= 0.3 is 11.9 Å². The fourth-order valence-electron chi connectivity index (χ4n) is 9.21. The molecule has 434 valence electrons. The van der Waals surface area contributed by atoms with E-state index in [1.54, 1.807) is 9.80 Å². The Morgan fingerprint density at radius 2 is 0.671 bits per heavy atom. The van der Waals surface area contributed by atoms with Crippen LogP contribution in [0.2, 0.25) is 0 Å². The Morgan fingerprint density at radius 1 is 0.408 bits per heavy atom. The van der Waals surface area contributed by atoms with Crippen LogP contribution in [0.3, 0.4) is 0 Å². The maximum atomic E-state index is 12.1. The van der Waals surface area contributed by atoms with E-state index in [1.165, 1.54) is 65.2 Å². The average molecular weight is 1230 g/mol. The first-order valence-electron chi connectivity index (χ1n) is 23.4. The number of esters is 4. The molecule has 4 saturated heterocycles. The van der Waals surface area contributed by atoms with Crippen LogP contribution >= 0.6 is 0 Å². The maximum absolute atomic E-state index is 12.1. The van der Waals surface area contributed by atoms with E-state index in [0.29, 0.717) is 72.2 Å². The van der Waals surface area contributed by atoms with Crippen LogP contribution in [0.1, 0.15) is 113 Å². The third kappa shape index (κ3) is 30.2. The van der Waals surface area contributed by atoms with Crippen LogP contribution in [0.4, 0.5) is 0 Å². The minimum atomic E-state index is -0.340. The van der Waals surface area contributed by atoms with Crippen molar-refractivity contribution < 1.29 is 123 Å². The van der Waals surface area contributed by atoms with Crippen LogP contribution in [-0.2, 0) is 123 Å². The molecule has 4 amide bonds. The van der Waals surface area contributed by atoms with E-state index < -0.39 is 0 Å². The number of amides is 4. The zero-order valence-electron chi connectivity index (χ0n) is 45.2. The first kappa shape index (κ1) is 84.1. The quantitative estimate of drug-likeness (QED) is 0.0925. The molecular formula is C54H98N8O12Y2-2. The van der Waals surface area contributed by atoms with Gasteiger partial charge in [0, 0.05) is 172 Å². The molecule has 0 aromatic carbocycles. The molecule has 76 heavy (non-hydrogen) atoms. The van der Waals surface area contributed by atoms with Crippen LogP contribution in [0.15, 0.2) is 50.6 Å². The molecule has 0 aromatic rings. The number of ether oxygens (including phenoxy) is 4. The summed E-state index contributed by atoms with van der Waals surface area (Å²) in [7, 11) is 0. The molecule has 0 saturated carbocycles. The van der Waals surface area contributed by atoms with Gasteiger partial charge in [-0.2, -0.15) is 0 Å². The van der Waals surface area contributed by atoms with Gasteiger partial charge in [0.2, 0.25) is 23.6 Å². The largest absolute Gasteiger partial charge is 0.636 e. The summed E-state index contributed by atoms with van der Waals surface area (Å²) in [5.41, 5.74) is -1.30. The minimum absolute atomic E-state index is 0. The molecule has 0 spiro atoms. The average Bonchev–Trinajstić information content (AvgIpc) is 3.26. The van der Waals surface area contributed by atoms with E-state index in [-0.39, 0.29) is 172 Å². The maximum Gasteiger partial charge on any atom is 0.303 e. The minimum Gasteiger partial charge on any atom is -0.636 e. The van der Waals surface area contributed by atoms with Gasteiger partial charge in [-0.15, -0.1) is 13.2 Å². The topological polar surface area (TPSA) is 199 Å². The summed E-state index contributed by atoms with van der Waals surface area (Å²) in [6, 6.07) is 0. The van der Waals surface area contributed by atoms with E-state index in [0.717, 1.165) is 26.2 Å². The zero-order chi connectivity index (χ0) is 53.6. The van der Waals surface area contributed by atoms with E-state index in [4.69, 9.17) is 18.9 Å². The number of piperazine rings is 4. The number of rotatable bonds is 14. The Morgan fingerprint density at radius 3 is 0.947 bits per heavy atom. The molecule has 0 bridgehead atoms. The summed E-state index contributed by atoms with van der Waals surface area (Å²) in [6.07, 6.45) is 5.37. The standard InChI is InChI=1S/C15H25N2O3.C14H24N2O3.C11H17N2O3.C10H16N2O3.4CH4.2Y/c1-7-13(19)17-14(3,4)10-16(11-15(17,5)6)8-9-20-12(2)18;1-7-12(18)16-13(3,4)8-15(9-14(16,5)6)10-19-11(2)17;1-3-11(15)13-6-4-12(5-7-13)8-9-16-10(2)14;1-3-10(14)12-6-4-11(5-7-12)8-15-9(2)13;;;;;;/h7,9H,1,8,10-11H2,2-6H3;7H,1,8-10H2,2-6H3;3,9H,1,4-8H2,2H3;3H,1,4-8H2,2H3;4*1H4;;/q-1;;-1;;;;;;;. The SMILES string of the molecule is C.C.C.C.C=CC(=O)N1C(C)(C)CN(COC(C)=O)CC1(C)C.C=CC(=O)N1C(C)(C)CN(C[CH-]OC(C)=O)CC1(C)C.C=CC(=O)N1CCN(COC(C)=O)CC1.C=CC(=O)N1CCN(C[CH-]OC(C)=O)CC1.[Y].[Y]. The van der Waals surface area contributed by atoms with Gasteiger partial charge in [0.15, 0.2) is 0 Å². The van der Waals surface area contributed by atoms with Crippen LogP contribution < -0.4 is 0 Å². The van der Waals surface area contributed by atoms with Crippen molar-refractivity contribution in [1.82, 2.24) is 39.2 Å². The molecule has 20 nitrogen and oxygen atoms in total. The Balaban J connectivity index is -0.000000211. The molecule has 0 N–H and O–H groups in total. The fourth-order valence-corrected chi connectivity index (χ4v) is 9.21. The monoisotopic (exact) mass is 1230 g/mol. The normalized spacial score (nSPS) is 18.1. The van der Waals surface area contributed by atoms with Gasteiger partial charge in [-0.05, 0) is 79.7 Å². The van der Waals surface area contributed by atoms with Crippen LogP contribution in [0.25, 0.3) is 0 Å². The van der Waals surface area contributed by atoms with Crippen molar-refractivity contribution in [3.05, 3.63) is 63.8 Å². The van der Waals surface area contributed by atoms with Crippen LogP contribution in [0.5, 0.6) is 0 Å². The van der Waals surface area contributed by atoms with Gasteiger partial charge in [-0.1, -0.05) is 69.1 Å². The second-order valence-electron chi connectivity index (χ2n) is 19.7. The molecular weight excluding hydrogens is 1130 g/mol. The van der Waals surface area contributed by atoms with Crippen molar-refractivity contribution >= 4 is 47.5 Å². The number of carbonyl (C=O) groups excluding carboxylic acids is 8. The predicted molar refractivity (Wildman–Crippen MR) is 292 cm³/mol. The third-order valence-corrected chi connectivity index (χ3v) is 11.4. The summed E-state index contributed by atoms with van der Waals surface area (Å²) in [5, 5.41) is 0. The van der Waals surface area contributed by atoms with E-state index in [1.807, 2.05) is 75.0 Å². The molecule has 4 aliphatic rings. The fraction of sp³-hybridized carbons (Fsp3) is 0.667. The predicted octanol–water partition coefficient (Wildman–Crippen LogP) is 5.41. The Bertz CT molecular complexity index is 1810. The third-order valence-electron chi connectivity index (χ3n) is 11.4. The van der Waals surface area contributed by atoms with Crippen molar-refractivity contribution in [1.29, 1.82) is 0 Å². The van der Waals surface area contributed by atoms with Crippen LogP contribution in [-0.4, -0.2) is 214 Å². The van der Waals surface area contributed by atoms with Gasteiger partial charge in [0.05, 0.1) is 22.2 Å². The smallest absolute Gasteiger partial charge is 0.303 e. The Labute approximate surface area is 509 Å². The first-order valence-corrected chi connectivity index (χ1v) is 23.4. The molecule has 22 heteroatoms. The summed E-state index contributed by atoms with van der Waals surface area (Å²) >= 11 is 0. The van der Waals surface area contributed by atoms with E-state index >= 15 is 0 Å². The molecule has 0 unspecified atom stereocenters. The zero-order valence-corrected chi connectivity index (χ0v) is 50.9. The van der Waals surface area contributed by atoms with Gasteiger partial charge in [0.25, 0.3) is 11.9 Å². The second kappa shape index (κ2) is 40.0.